The lowest BCUT2D eigenvalue weighted by atomic mass is 9.72. The number of benzene rings is 4. The van der Waals surface area contributed by atoms with Crippen LogP contribution < -0.4 is 51.0 Å². The first-order valence-electron chi connectivity index (χ1n) is 34.1. The van der Waals surface area contributed by atoms with Crippen LogP contribution in [0.5, 0.6) is 11.5 Å². The molecule has 0 bridgehead atoms. The molecule has 2 aromatic heterocycles. The third-order valence-electron chi connectivity index (χ3n) is 17.0. The van der Waals surface area contributed by atoms with Crippen LogP contribution in [0.1, 0.15) is 108 Å². The highest BCUT2D eigenvalue weighted by Crippen LogP contribution is 2.58. The molecule has 4 aromatic carbocycles. The van der Waals surface area contributed by atoms with E-state index in [4.69, 9.17) is 33.2 Å². The molecular weight excluding hydrogens is 1490 g/mol. The van der Waals surface area contributed by atoms with Crippen LogP contribution in [0.3, 0.4) is 0 Å². The van der Waals surface area contributed by atoms with E-state index in [9.17, 15) is 81.4 Å². The Morgan fingerprint density at radius 3 is 1.56 bits per heavy atom. The van der Waals surface area contributed by atoms with Gasteiger partial charge in [0.1, 0.15) is 35.0 Å². The Labute approximate surface area is 625 Å². The smallest absolute Gasteiger partial charge is 0.522 e. The largest absolute Gasteiger partial charge is 0.618 e. The minimum absolute atomic E-state index is 0.0423. The fraction of sp³-hybridized carbons (Fsp3) is 0.388. The molecule has 0 saturated heterocycles. The molecule has 0 spiro atoms. The maximum atomic E-state index is 15.0. The van der Waals surface area contributed by atoms with Gasteiger partial charge < -0.3 is 94.5 Å². The molecule has 2 aliphatic heterocycles. The molecule has 582 valence electrons. The van der Waals surface area contributed by atoms with Gasteiger partial charge in [0, 0.05) is 76.3 Å². The van der Waals surface area contributed by atoms with Gasteiger partial charge in [-0.1, -0.05) is 81.4 Å². The molecule has 2 unspecified atom stereocenters. The summed E-state index contributed by atoms with van der Waals surface area (Å²) >= 11 is 0. The zero-order valence-corrected chi connectivity index (χ0v) is 62.3. The third kappa shape index (κ3) is 25.3. The molecule has 0 saturated carbocycles. The normalized spacial score (nSPS) is 14.4. The first kappa shape index (κ1) is 84.6. The third-order valence-corrected chi connectivity index (χ3v) is 21.4. The van der Waals surface area contributed by atoms with Crippen LogP contribution in [0.15, 0.2) is 128 Å². The van der Waals surface area contributed by atoms with E-state index in [2.05, 4.69) is 41.2 Å². The summed E-state index contributed by atoms with van der Waals surface area (Å²) in [7, 11) is -15.6. The minimum Gasteiger partial charge on any atom is -0.522 e. The number of aromatic nitrogens is 4. The summed E-state index contributed by atoms with van der Waals surface area (Å²) in [6.45, 7) is 4.89. The number of anilines is 2. The molecule has 42 heteroatoms. The number of amides is 8. The van der Waals surface area contributed by atoms with Gasteiger partial charge in [-0.2, -0.15) is 0 Å². The molecule has 6 atom stereocenters. The molecule has 6 aromatic rings. The van der Waals surface area contributed by atoms with Crippen molar-refractivity contribution in [1.29, 1.82) is 0 Å². The molecule has 4 heterocycles. The van der Waals surface area contributed by atoms with Crippen molar-refractivity contribution in [3.8, 4) is 11.5 Å². The van der Waals surface area contributed by atoms with Gasteiger partial charge >= 0.3 is 55.2 Å². The zero-order valence-electron chi connectivity index (χ0n) is 59.6. The highest BCUT2D eigenvalue weighted by atomic mass is 31.2. The summed E-state index contributed by atoms with van der Waals surface area (Å²) in [4.78, 5) is 195. The second-order valence-electron chi connectivity index (χ2n) is 26.0. The predicted octanol–water partition coefficient (Wildman–Crippen LogP) is 3.67. The van der Waals surface area contributed by atoms with E-state index < -0.39 is 139 Å². The molecule has 8 rings (SSSR count). The van der Waals surface area contributed by atoms with Gasteiger partial charge in [-0.15, -0.1) is 0 Å². The van der Waals surface area contributed by atoms with Crippen molar-refractivity contribution in [2.45, 2.75) is 127 Å². The van der Waals surface area contributed by atoms with Gasteiger partial charge in [-0.3, -0.25) is 62.2 Å². The minimum atomic E-state index is -5.45. The summed E-state index contributed by atoms with van der Waals surface area (Å²) < 4.78 is 71.0. The number of nitrogens with one attached hydrogen (secondary N) is 6. The van der Waals surface area contributed by atoms with Gasteiger partial charge in [0.2, 0.25) is 34.9 Å². The van der Waals surface area contributed by atoms with Gasteiger partial charge in [0.05, 0.1) is 56.4 Å². The molecule has 0 aliphatic carbocycles. The number of nitrogens with zero attached hydrogens (tertiary/aromatic N) is 6. The summed E-state index contributed by atoms with van der Waals surface area (Å²) in [6.07, 6.45) is 5.66. The molecule has 13 N–H and O–H groups in total. The number of carbonyl (C=O) groups is 9. The fourth-order valence-electron chi connectivity index (χ4n) is 11.5. The summed E-state index contributed by atoms with van der Waals surface area (Å²) in [5.41, 5.74) is 1.05. The lowest BCUT2D eigenvalue weighted by Gasteiger charge is -2.29. The van der Waals surface area contributed by atoms with Crippen molar-refractivity contribution in [3.63, 3.8) is 0 Å². The second kappa shape index (κ2) is 38.9. The van der Waals surface area contributed by atoms with Crippen LogP contribution in [-0.2, 0) is 88.9 Å². The number of rotatable bonds is 36. The maximum absolute atomic E-state index is 15.0. The van der Waals surface area contributed by atoms with E-state index in [0.29, 0.717) is 40.8 Å². The highest BCUT2D eigenvalue weighted by Gasteiger charge is 2.46. The van der Waals surface area contributed by atoms with Crippen LogP contribution >= 0.6 is 22.8 Å². The van der Waals surface area contributed by atoms with Crippen LogP contribution in [0, 0.1) is 11.8 Å². The predicted molar refractivity (Wildman–Crippen MR) is 388 cm³/mol. The number of ether oxygens (including phenoxy) is 2. The number of aliphatic carboxylic acids is 1. The molecule has 109 heavy (non-hydrogen) atoms. The standard InChI is InChI=1S/C67H83B2N12O25P3/c1-40(2)29-55(69-105-53-22-21-48(35-54(53)106-69)81(5)67(91)102-27-11-17-57(82)78-63(64(88)89)107(92,93)94)76-60(85)50(75-62(87)52-37-71-24-26-73-52)34-44-16-10-9-15-43(44)30-41(3)31-56(77-59(84)49(32-42-13-7-6-8-14-42)74-61(86)51-36-70-23-25-72-51)68-103-38-45-19-20-47(33-46(45)39-104-68)80(4)66(90)101-28-12-18-58(83)79-65(108(95,96)97)109(98,99)100/h6-10,13-16,19-26,33,35-37,40-41,49-50,55-56,63,65H,11-12,17-18,27-32,34,38-39H2,1-5H3,(H,74,86)(H,75,87)(H,76,85)(H,77,84)(H,78,82)(H,79,83)(H,88,89)(H2,92,93,94)(H2,95,96,97)(H2,98,99,100)/t41?,49-,50-,55-,56-,63?/m0/s1. The Balaban J connectivity index is 0.981. The van der Waals surface area contributed by atoms with E-state index in [-0.39, 0.29) is 98.9 Å². The number of carboxylic acid groups (broad SMARTS) is 1. The van der Waals surface area contributed by atoms with Gasteiger partial charge in [-0.25, -0.2) is 24.4 Å². The zero-order chi connectivity index (χ0) is 79.3. The molecular formula is C67H83B2N12O25P3. The van der Waals surface area contributed by atoms with Crippen molar-refractivity contribution in [2.75, 3.05) is 37.1 Å². The monoisotopic (exact) mass is 1570 g/mol. The molecule has 2 aliphatic rings. The second-order valence-corrected chi connectivity index (χ2v) is 31.5. The quantitative estimate of drug-likeness (QED) is 0.0152. The Morgan fingerprint density at radius 2 is 1.04 bits per heavy atom. The van der Waals surface area contributed by atoms with E-state index >= 15 is 4.79 Å². The molecule has 37 nitrogen and oxygen atoms in total. The van der Waals surface area contributed by atoms with E-state index in [1.54, 1.807) is 65.2 Å². The van der Waals surface area contributed by atoms with Crippen molar-refractivity contribution in [3.05, 3.63) is 167 Å². The van der Waals surface area contributed by atoms with E-state index in [0.717, 1.165) is 15.4 Å². The van der Waals surface area contributed by atoms with Crippen molar-refractivity contribution in [1.82, 2.24) is 51.8 Å². The molecule has 0 radical (unpaired) electrons. The first-order valence-corrected chi connectivity index (χ1v) is 39.1. The Hall–Kier alpha value is -10.0. The van der Waals surface area contributed by atoms with E-state index in [1.807, 2.05) is 39.0 Å². The Kier molecular flexibility index (Phi) is 30.2. The summed E-state index contributed by atoms with van der Waals surface area (Å²) in [6, 6.07) is 23.3. The lowest BCUT2D eigenvalue weighted by Crippen LogP contribution is -2.57. The van der Waals surface area contributed by atoms with Gasteiger partial charge in [-0.05, 0) is 96.0 Å². The van der Waals surface area contributed by atoms with Crippen LogP contribution in [0.2, 0.25) is 0 Å². The SMILES string of the molecule is CC(C)C[C@H](NC(=O)[C@H](Cc1ccccc1CC(C)C[C@H](NC(=O)[C@H](Cc1ccccc1)NC(=O)c1cnccn1)B1OCc2ccc(N(C)C(=O)OCCCC(=O)NC(P(=O)(O)O)P(=O)(O)O)cc2CO1)NC(=O)c1cnccn1)B1Oc2ccc(N(C)C(=O)OCCCC(=O)NC(C(=O)O)P(=O)(O)O)cc2O1. The number of carbonyl (C=O) groups excluding carboxylic acids is 8. The number of hydrogen-bond donors (Lipinski definition) is 13. The lowest BCUT2D eigenvalue weighted by molar-refractivity contribution is -0.139. The first-order chi connectivity index (χ1) is 51.6. The topological polar surface area (TPSA) is 532 Å². The van der Waals surface area contributed by atoms with Gasteiger partial charge in [0.25, 0.3) is 11.8 Å². The average molecular weight is 1570 g/mol. The van der Waals surface area contributed by atoms with Crippen molar-refractivity contribution >= 4 is 102 Å². The summed E-state index contributed by atoms with van der Waals surface area (Å²) in [5.74, 6) is -10.9. The van der Waals surface area contributed by atoms with Gasteiger partial charge in [0.15, 0.2) is 0 Å². The van der Waals surface area contributed by atoms with Crippen molar-refractivity contribution in [2.24, 2.45) is 11.8 Å². The van der Waals surface area contributed by atoms with Crippen LogP contribution in [-0.4, -0.2) is 185 Å². The highest BCUT2D eigenvalue weighted by molar-refractivity contribution is 7.70. The molecule has 0 fully saturated rings. The summed E-state index contributed by atoms with van der Waals surface area (Å²) in [5, 5.41) is 24.4. The van der Waals surface area contributed by atoms with Crippen molar-refractivity contribution < 1.29 is 119 Å². The van der Waals surface area contributed by atoms with E-state index in [1.165, 1.54) is 69.5 Å². The maximum Gasteiger partial charge on any atom is 0.618 e. The molecule has 8 amide bonds. The Bertz CT molecular complexity index is 4340. The van der Waals surface area contributed by atoms with Crippen LogP contribution in [0.4, 0.5) is 21.0 Å². The average Bonchev–Trinajstić information content (AvgIpc) is 1.72. The number of hydrogen-bond acceptors (Lipinski definition) is 22. The number of fused-ring (bicyclic) bond motifs is 2. The van der Waals surface area contributed by atoms with Crippen LogP contribution in [0.25, 0.3) is 0 Å². The fourth-order valence-corrected chi connectivity index (χ4v) is 14.3. The Morgan fingerprint density at radius 1 is 0.541 bits per heavy atom. The number of carboxylic acids is 1.